The van der Waals surface area contributed by atoms with Crippen molar-refractivity contribution in [1.82, 2.24) is 0 Å². The number of para-hydroxylation sites is 2. The van der Waals surface area contributed by atoms with Gasteiger partial charge in [-0.3, -0.25) is 0 Å². The highest BCUT2D eigenvalue weighted by Gasteiger charge is 2.17. The minimum absolute atomic E-state index is 0.219. The average molecular weight is 402 g/mol. The second kappa shape index (κ2) is 10.3. The van der Waals surface area contributed by atoms with Crippen molar-refractivity contribution < 1.29 is 23.8 Å². The number of hydrogen-bond acceptors (Lipinski definition) is 6. The molecule has 0 saturated heterocycles. The van der Waals surface area contributed by atoms with Crippen LogP contribution in [-0.2, 0) is 9.47 Å². The van der Waals surface area contributed by atoms with Gasteiger partial charge in [0.25, 0.3) is 0 Å². The highest BCUT2D eigenvalue weighted by atomic mass is 32.1. The van der Waals surface area contributed by atoms with E-state index in [1.165, 1.54) is 18.2 Å². The third-order valence-corrected chi connectivity index (χ3v) is 3.83. The zero-order valence-electron chi connectivity index (χ0n) is 15.9. The normalized spacial score (nSPS) is 9.96. The van der Waals surface area contributed by atoms with Crippen molar-refractivity contribution in [3.8, 4) is 5.75 Å². The first-order chi connectivity index (χ1) is 13.5. The molecule has 0 heterocycles. The summed E-state index contributed by atoms with van der Waals surface area (Å²) in [6.45, 7) is 3.90. The summed E-state index contributed by atoms with van der Waals surface area (Å²) in [6, 6.07) is 11.8. The van der Waals surface area contributed by atoms with E-state index in [-0.39, 0.29) is 29.5 Å². The van der Waals surface area contributed by atoms with Gasteiger partial charge in [0.15, 0.2) is 5.11 Å². The smallest absolute Gasteiger partial charge is 0.340 e. The SMILES string of the molecule is CCOC(=O)c1ccc(C(=O)OCC)c(NC(=S)Nc2ccccc2OC)c1. The number of nitrogens with one attached hydrogen (secondary N) is 2. The van der Waals surface area contributed by atoms with Gasteiger partial charge in [0.2, 0.25) is 0 Å². The molecule has 8 heteroatoms. The lowest BCUT2D eigenvalue weighted by Crippen LogP contribution is -2.22. The van der Waals surface area contributed by atoms with Gasteiger partial charge in [0.1, 0.15) is 5.75 Å². The van der Waals surface area contributed by atoms with Gasteiger partial charge in [-0.25, -0.2) is 9.59 Å². The van der Waals surface area contributed by atoms with Crippen LogP contribution >= 0.6 is 12.2 Å². The molecule has 2 rings (SSSR count). The first-order valence-electron chi connectivity index (χ1n) is 8.69. The molecule has 0 aliphatic carbocycles. The first kappa shape index (κ1) is 21.2. The van der Waals surface area contributed by atoms with E-state index in [0.29, 0.717) is 17.1 Å². The Hall–Kier alpha value is -3.13. The van der Waals surface area contributed by atoms with Crippen molar-refractivity contribution in [2.24, 2.45) is 0 Å². The molecule has 0 saturated carbocycles. The van der Waals surface area contributed by atoms with Crippen LogP contribution in [0, 0.1) is 0 Å². The standard InChI is InChI=1S/C20H22N2O5S/c1-4-26-18(23)13-10-11-14(19(24)27-5-2)16(12-13)22-20(28)21-15-8-6-7-9-17(15)25-3/h6-12H,4-5H2,1-3H3,(H2,21,22,28). The Bertz CT molecular complexity index is 869. The lowest BCUT2D eigenvalue weighted by atomic mass is 10.1. The number of esters is 2. The van der Waals surface area contributed by atoms with Crippen molar-refractivity contribution >= 4 is 40.6 Å². The van der Waals surface area contributed by atoms with Crippen LogP contribution in [-0.4, -0.2) is 37.4 Å². The van der Waals surface area contributed by atoms with E-state index in [4.69, 9.17) is 26.4 Å². The maximum Gasteiger partial charge on any atom is 0.340 e. The van der Waals surface area contributed by atoms with Gasteiger partial charge in [-0.05, 0) is 56.4 Å². The predicted octanol–water partition coefficient (Wildman–Crippen LogP) is 3.86. The van der Waals surface area contributed by atoms with Gasteiger partial charge in [0, 0.05) is 0 Å². The lowest BCUT2D eigenvalue weighted by Gasteiger charge is -2.16. The van der Waals surface area contributed by atoms with Crippen LogP contribution in [0.3, 0.4) is 0 Å². The summed E-state index contributed by atoms with van der Waals surface area (Å²) in [7, 11) is 1.55. The first-order valence-corrected chi connectivity index (χ1v) is 9.10. The zero-order chi connectivity index (χ0) is 20.5. The summed E-state index contributed by atoms with van der Waals surface area (Å²) in [4.78, 5) is 24.3. The van der Waals surface area contributed by atoms with E-state index < -0.39 is 11.9 Å². The monoisotopic (exact) mass is 402 g/mol. The minimum atomic E-state index is -0.527. The summed E-state index contributed by atoms with van der Waals surface area (Å²) in [5.41, 5.74) is 1.52. The molecule has 0 amide bonds. The molecule has 0 aliphatic heterocycles. The molecule has 2 N–H and O–H groups in total. The van der Waals surface area contributed by atoms with Gasteiger partial charge in [-0.2, -0.15) is 0 Å². The Labute approximate surface area is 169 Å². The summed E-state index contributed by atoms with van der Waals surface area (Å²) >= 11 is 5.35. The molecule has 2 aromatic rings. The van der Waals surface area contributed by atoms with Crippen LogP contribution in [0.25, 0.3) is 0 Å². The Morgan fingerprint density at radius 1 is 0.929 bits per heavy atom. The number of hydrogen-bond donors (Lipinski definition) is 2. The van der Waals surface area contributed by atoms with Crippen molar-refractivity contribution in [1.29, 1.82) is 0 Å². The summed E-state index contributed by atoms with van der Waals surface area (Å²) < 4.78 is 15.4. The third kappa shape index (κ3) is 5.43. The molecule has 0 aliphatic rings. The fourth-order valence-electron chi connectivity index (χ4n) is 2.40. The van der Waals surface area contributed by atoms with Crippen molar-refractivity contribution in [3.05, 3.63) is 53.6 Å². The van der Waals surface area contributed by atoms with Gasteiger partial charge in [-0.15, -0.1) is 0 Å². The van der Waals surface area contributed by atoms with Gasteiger partial charge >= 0.3 is 11.9 Å². The Kier molecular flexibility index (Phi) is 7.76. The largest absolute Gasteiger partial charge is 0.495 e. The van der Waals surface area contributed by atoms with E-state index in [1.807, 2.05) is 12.1 Å². The van der Waals surface area contributed by atoms with E-state index in [2.05, 4.69) is 10.6 Å². The molecule has 28 heavy (non-hydrogen) atoms. The van der Waals surface area contributed by atoms with E-state index in [1.54, 1.807) is 33.1 Å². The van der Waals surface area contributed by atoms with E-state index >= 15 is 0 Å². The minimum Gasteiger partial charge on any atom is -0.495 e. The predicted molar refractivity (Wildman–Crippen MR) is 111 cm³/mol. The number of carbonyl (C=O) groups is 2. The van der Waals surface area contributed by atoms with Crippen LogP contribution in [0.4, 0.5) is 11.4 Å². The number of carbonyl (C=O) groups excluding carboxylic acids is 2. The maximum atomic E-state index is 12.3. The van der Waals surface area contributed by atoms with Crippen LogP contribution < -0.4 is 15.4 Å². The molecule has 0 fully saturated rings. The third-order valence-electron chi connectivity index (χ3n) is 3.63. The Morgan fingerprint density at radius 3 is 2.25 bits per heavy atom. The van der Waals surface area contributed by atoms with Crippen molar-refractivity contribution in [2.45, 2.75) is 13.8 Å². The van der Waals surface area contributed by atoms with Crippen LogP contribution in [0.1, 0.15) is 34.6 Å². The molecule has 0 spiro atoms. The Morgan fingerprint density at radius 2 is 1.57 bits per heavy atom. The second-order valence-corrected chi connectivity index (χ2v) is 5.89. The molecule has 0 bridgehead atoms. The highest BCUT2D eigenvalue weighted by molar-refractivity contribution is 7.80. The van der Waals surface area contributed by atoms with Crippen molar-refractivity contribution in [3.63, 3.8) is 0 Å². The van der Waals surface area contributed by atoms with Crippen LogP contribution in [0.15, 0.2) is 42.5 Å². The second-order valence-electron chi connectivity index (χ2n) is 5.48. The molecule has 7 nitrogen and oxygen atoms in total. The molecule has 2 aromatic carbocycles. The number of rotatable bonds is 7. The van der Waals surface area contributed by atoms with Crippen molar-refractivity contribution in [2.75, 3.05) is 31.0 Å². The van der Waals surface area contributed by atoms with E-state index in [0.717, 1.165) is 0 Å². The fourth-order valence-corrected chi connectivity index (χ4v) is 2.62. The van der Waals surface area contributed by atoms with Crippen LogP contribution in [0.2, 0.25) is 0 Å². The molecular weight excluding hydrogens is 380 g/mol. The number of ether oxygens (including phenoxy) is 3. The number of methoxy groups -OCH3 is 1. The summed E-state index contributed by atoms with van der Waals surface area (Å²) in [6.07, 6.45) is 0. The number of benzene rings is 2. The molecular formula is C20H22N2O5S. The Balaban J connectivity index is 2.29. The van der Waals surface area contributed by atoms with Gasteiger partial charge < -0.3 is 24.8 Å². The molecule has 0 unspecified atom stereocenters. The highest BCUT2D eigenvalue weighted by Crippen LogP contribution is 2.24. The number of thiocarbonyl (C=S) groups is 1. The lowest BCUT2D eigenvalue weighted by molar-refractivity contribution is 0.0512. The number of anilines is 2. The summed E-state index contributed by atoms with van der Waals surface area (Å²) in [5, 5.41) is 6.17. The topological polar surface area (TPSA) is 85.9 Å². The average Bonchev–Trinajstić information content (AvgIpc) is 2.68. The fraction of sp³-hybridized carbons (Fsp3) is 0.250. The van der Waals surface area contributed by atoms with Crippen LogP contribution in [0.5, 0.6) is 5.75 Å². The molecule has 148 valence electrons. The molecule has 0 aromatic heterocycles. The molecule has 0 atom stereocenters. The van der Waals surface area contributed by atoms with Gasteiger partial charge in [-0.1, -0.05) is 12.1 Å². The van der Waals surface area contributed by atoms with Gasteiger partial charge in [0.05, 0.1) is 42.8 Å². The summed E-state index contributed by atoms with van der Waals surface area (Å²) in [5.74, 6) is -0.414. The van der Waals surface area contributed by atoms with E-state index in [9.17, 15) is 9.59 Å². The maximum absolute atomic E-state index is 12.3. The quantitative estimate of drug-likeness (QED) is 0.533. The molecule has 0 radical (unpaired) electrons. The zero-order valence-corrected chi connectivity index (χ0v) is 16.7.